The highest BCUT2D eigenvalue weighted by Gasteiger charge is 2.25. The number of aromatic nitrogens is 1. The first-order valence-electron chi connectivity index (χ1n) is 7.85. The summed E-state index contributed by atoms with van der Waals surface area (Å²) in [6.07, 6.45) is -0.139. The number of rotatable bonds is 6. The van der Waals surface area contributed by atoms with E-state index in [0.717, 1.165) is 16.8 Å². The van der Waals surface area contributed by atoms with E-state index in [4.69, 9.17) is 4.52 Å². The number of aliphatic hydroxyl groups is 1. The molecule has 5 nitrogen and oxygen atoms in total. The molecule has 0 aliphatic carbocycles. The van der Waals surface area contributed by atoms with Gasteiger partial charge < -0.3 is 14.9 Å². The van der Waals surface area contributed by atoms with E-state index in [-0.39, 0.29) is 17.9 Å². The van der Waals surface area contributed by atoms with E-state index in [1.807, 2.05) is 51.1 Å². The monoisotopic (exact) mass is 316 g/mol. The highest BCUT2D eigenvalue weighted by molar-refractivity contribution is 5.84. The SMILES string of the molecule is Cc1noc(C)c1C(C)C(=O)NC(C)C(O)Cc1ccccc1. The van der Waals surface area contributed by atoms with Crippen LogP contribution in [0.1, 0.15) is 42.3 Å². The molecule has 0 fully saturated rings. The quantitative estimate of drug-likeness (QED) is 0.858. The molecule has 0 spiro atoms. The molecule has 3 atom stereocenters. The lowest BCUT2D eigenvalue weighted by atomic mass is 9.97. The maximum atomic E-state index is 12.4. The molecular weight excluding hydrogens is 292 g/mol. The Morgan fingerprint density at radius 2 is 1.91 bits per heavy atom. The van der Waals surface area contributed by atoms with Gasteiger partial charge in [0.1, 0.15) is 5.76 Å². The van der Waals surface area contributed by atoms with Gasteiger partial charge in [-0.25, -0.2) is 0 Å². The minimum absolute atomic E-state index is 0.140. The molecule has 23 heavy (non-hydrogen) atoms. The lowest BCUT2D eigenvalue weighted by Crippen LogP contribution is -2.43. The predicted octanol–water partition coefficient (Wildman–Crippen LogP) is 2.50. The fourth-order valence-electron chi connectivity index (χ4n) is 2.72. The fourth-order valence-corrected chi connectivity index (χ4v) is 2.72. The van der Waals surface area contributed by atoms with Gasteiger partial charge in [-0.3, -0.25) is 4.79 Å². The van der Waals surface area contributed by atoms with Crippen LogP contribution in [0, 0.1) is 13.8 Å². The number of carbonyl (C=O) groups is 1. The largest absolute Gasteiger partial charge is 0.391 e. The molecule has 2 rings (SSSR count). The van der Waals surface area contributed by atoms with Crippen molar-refractivity contribution in [3.8, 4) is 0 Å². The molecule has 2 aromatic rings. The molecule has 1 heterocycles. The van der Waals surface area contributed by atoms with Crippen LogP contribution in [0.2, 0.25) is 0 Å². The Labute approximate surface area is 136 Å². The lowest BCUT2D eigenvalue weighted by Gasteiger charge is -2.22. The van der Waals surface area contributed by atoms with Crippen molar-refractivity contribution < 1.29 is 14.4 Å². The minimum Gasteiger partial charge on any atom is -0.391 e. The van der Waals surface area contributed by atoms with Crippen molar-refractivity contribution in [1.82, 2.24) is 10.5 Å². The van der Waals surface area contributed by atoms with E-state index in [0.29, 0.717) is 12.2 Å². The van der Waals surface area contributed by atoms with Crippen molar-refractivity contribution in [1.29, 1.82) is 0 Å². The number of hydrogen-bond donors (Lipinski definition) is 2. The van der Waals surface area contributed by atoms with Crippen molar-refractivity contribution in [2.45, 2.75) is 52.2 Å². The van der Waals surface area contributed by atoms with Crippen LogP contribution in [0.3, 0.4) is 0 Å². The van der Waals surface area contributed by atoms with Crippen LogP contribution in [-0.4, -0.2) is 28.3 Å². The topological polar surface area (TPSA) is 75.4 Å². The van der Waals surface area contributed by atoms with Crippen molar-refractivity contribution in [3.05, 3.63) is 52.9 Å². The smallest absolute Gasteiger partial charge is 0.227 e. The summed E-state index contributed by atoms with van der Waals surface area (Å²) >= 11 is 0. The van der Waals surface area contributed by atoms with E-state index in [2.05, 4.69) is 10.5 Å². The van der Waals surface area contributed by atoms with E-state index in [1.165, 1.54) is 0 Å². The van der Waals surface area contributed by atoms with Crippen molar-refractivity contribution >= 4 is 5.91 Å². The summed E-state index contributed by atoms with van der Waals surface area (Å²) in [5, 5.41) is 17.1. The lowest BCUT2D eigenvalue weighted by molar-refractivity contribution is -0.123. The molecule has 3 unspecified atom stereocenters. The Morgan fingerprint density at radius 3 is 2.48 bits per heavy atom. The van der Waals surface area contributed by atoms with Gasteiger partial charge >= 0.3 is 0 Å². The molecule has 5 heteroatoms. The summed E-state index contributed by atoms with van der Waals surface area (Å²) in [6, 6.07) is 9.39. The predicted molar refractivity (Wildman–Crippen MR) is 88.1 cm³/mol. The minimum atomic E-state index is -0.641. The Morgan fingerprint density at radius 1 is 1.26 bits per heavy atom. The molecule has 0 radical (unpaired) electrons. The molecule has 1 aromatic carbocycles. The van der Waals surface area contributed by atoms with Gasteiger partial charge in [-0.2, -0.15) is 0 Å². The van der Waals surface area contributed by atoms with Crippen LogP contribution in [0.15, 0.2) is 34.9 Å². The third-order valence-electron chi connectivity index (χ3n) is 4.15. The van der Waals surface area contributed by atoms with Gasteiger partial charge in [0.15, 0.2) is 0 Å². The maximum absolute atomic E-state index is 12.4. The normalized spacial score (nSPS) is 15.0. The molecule has 0 saturated carbocycles. The summed E-state index contributed by atoms with van der Waals surface area (Å²) in [5.74, 6) is 0.147. The number of hydrogen-bond acceptors (Lipinski definition) is 4. The number of amides is 1. The molecule has 0 aliphatic heterocycles. The van der Waals surface area contributed by atoms with Gasteiger partial charge in [-0.1, -0.05) is 35.5 Å². The molecule has 1 amide bonds. The average molecular weight is 316 g/mol. The highest BCUT2D eigenvalue weighted by Crippen LogP contribution is 2.23. The van der Waals surface area contributed by atoms with E-state index >= 15 is 0 Å². The van der Waals surface area contributed by atoms with Gasteiger partial charge in [0.25, 0.3) is 0 Å². The molecule has 2 N–H and O–H groups in total. The summed E-state index contributed by atoms with van der Waals surface area (Å²) in [6.45, 7) is 7.25. The Balaban J connectivity index is 1.96. The van der Waals surface area contributed by atoms with E-state index < -0.39 is 6.10 Å². The molecule has 0 bridgehead atoms. The number of nitrogens with one attached hydrogen (secondary N) is 1. The third-order valence-corrected chi connectivity index (χ3v) is 4.15. The van der Waals surface area contributed by atoms with Crippen LogP contribution in [-0.2, 0) is 11.2 Å². The van der Waals surface area contributed by atoms with Crippen LogP contribution in [0.4, 0.5) is 0 Å². The number of aryl methyl sites for hydroxylation is 2. The van der Waals surface area contributed by atoms with Crippen LogP contribution in [0.5, 0.6) is 0 Å². The summed E-state index contributed by atoms with van der Waals surface area (Å²) in [5.41, 5.74) is 2.58. The first kappa shape index (κ1) is 17.2. The van der Waals surface area contributed by atoms with Crippen LogP contribution >= 0.6 is 0 Å². The Kier molecular flexibility index (Phi) is 5.55. The van der Waals surface area contributed by atoms with Crippen LogP contribution in [0.25, 0.3) is 0 Å². The van der Waals surface area contributed by atoms with Gasteiger partial charge in [0, 0.05) is 12.0 Å². The second kappa shape index (κ2) is 7.42. The second-order valence-electron chi connectivity index (χ2n) is 6.01. The third kappa shape index (κ3) is 4.20. The van der Waals surface area contributed by atoms with Crippen molar-refractivity contribution in [3.63, 3.8) is 0 Å². The summed E-state index contributed by atoms with van der Waals surface area (Å²) in [4.78, 5) is 12.4. The number of aliphatic hydroxyl groups excluding tert-OH is 1. The Hall–Kier alpha value is -2.14. The standard InChI is InChI=1S/C18H24N2O3/c1-11(17-13(3)20-23-14(17)4)18(22)19-12(2)16(21)10-15-8-6-5-7-9-15/h5-9,11-12,16,21H,10H2,1-4H3,(H,19,22). The molecule has 124 valence electrons. The fraction of sp³-hybridized carbons (Fsp3) is 0.444. The number of nitrogens with zero attached hydrogens (tertiary/aromatic N) is 1. The van der Waals surface area contributed by atoms with E-state index in [9.17, 15) is 9.90 Å². The molecular formula is C18H24N2O3. The zero-order chi connectivity index (χ0) is 17.0. The van der Waals surface area contributed by atoms with Gasteiger partial charge in [-0.05, 0) is 33.3 Å². The molecule has 0 saturated heterocycles. The van der Waals surface area contributed by atoms with Crippen LogP contribution < -0.4 is 5.32 Å². The van der Waals surface area contributed by atoms with Crippen molar-refractivity contribution in [2.75, 3.05) is 0 Å². The maximum Gasteiger partial charge on any atom is 0.227 e. The number of carbonyl (C=O) groups excluding carboxylic acids is 1. The molecule has 0 aliphatic rings. The van der Waals surface area contributed by atoms with Gasteiger partial charge in [-0.15, -0.1) is 0 Å². The second-order valence-corrected chi connectivity index (χ2v) is 6.01. The zero-order valence-corrected chi connectivity index (χ0v) is 14.0. The average Bonchev–Trinajstić information content (AvgIpc) is 2.86. The summed E-state index contributed by atoms with van der Waals surface area (Å²) in [7, 11) is 0. The Bertz CT molecular complexity index is 632. The first-order valence-corrected chi connectivity index (χ1v) is 7.85. The van der Waals surface area contributed by atoms with Gasteiger partial charge in [0.05, 0.1) is 23.8 Å². The van der Waals surface area contributed by atoms with Gasteiger partial charge in [0.2, 0.25) is 5.91 Å². The van der Waals surface area contributed by atoms with Crippen molar-refractivity contribution in [2.24, 2.45) is 0 Å². The molecule has 1 aromatic heterocycles. The first-order chi connectivity index (χ1) is 10.9. The number of benzene rings is 1. The highest BCUT2D eigenvalue weighted by atomic mass is 16.5. The zero-order valence-electron chi connectivity index (χ0n) is 14.0. The summed E-state index contributed by atoms with van der Waals surface area (Å²) < 4.78 is 5.12. The van der Waals surface area contributed by atoms with E-state index in [1.54, 1.807) is 6.92 Å².